The number of rotatable bonds is 8. The number of nitriles is 1. The predicted octanol–water partition coefficient (Wildman–Crippen LogP) is 5.58. The van der Waals surface area contributed by atoms with Crippen molar-refractivity contribution in [2.24, 2.45) is 5.41 Å². The third kappa shape index (κ3) is 5.33. The van der Waals surface area contributed by atoms with E-state index in [9.17, 15) is 18.7 Å². The fourth-order valence-corrected chi connectivity index (χ4v) is 6.38. The molecule has 12 heteroatoms. The Morgan fingerprint density at radius 1 is 1.11 bits per heavy atom. The van der Waals surface area contributed by atoms with Gasteiger partial charge in [0.15, 0.2) is 5.82 Å². The Kier molecular flexibility index (Phi) is 7.69. The first-order valence-corrected chi connectivity index (χ1v) is 14.4. The summed E-state index contributed by atoms with van der Waals surface area (Å²) in [6, 6.07) is 14.0. The van der Waals surface area contributed by atoms with E-state index in [2.05, 4.69) is 14.5 Å². The highest BCUT2D eigenvalue weighted by Crippen LogP contribution is 2.65. The second-order valence-electron chi connectivity index (χ2n) is 11.6. The molecule has 1 aliphatic carbocycles. The Bertz CT molecular complexity index is 1770. The summed E-state index contributed by atoms with van der Waals surface area (Å²) in [5, 5.41) is 18.5. The van der Waals surface area contributed by atoms with E-state index in [1.54, 1.807) is 24.3 Å². The van der Waals surface area contributed by atoms with Gasteiger partial charge in [0.2, 0.25) is 0 Å². The van der Waals surface area contributed by atoms with Gasteiger partial charge in [0.25, 0.3) is 5.88 Å². The average molecular weight is 603 g/mol. The number of aromatic carboxylic acids is 1. The molecule has 7 rings (SSSR count). The molecule has 228 valence electrons. The molecule has 4 heterocycles. The number of nitrogens with zero attached hydrogens (tertiary/aromatic N) is 5. The number of halogens is 2. The van der Waals surface area contributed by atoms with Crippen LogP contribution in [0.15, 0.2) is 48.5 Å². The highest BCUT2D eigenvalue weighted by Gasteiger charge is 2.57. The fourth-order valence-electron chi connectivity index (χ4n) is 6.38. The third-order valence-corrected chi connectivity index (χ3v) is 9.13. The van der Waals surface area contributed by atoms with Crippen molar-refractivity contribution in [1.29, 1.82) is 5.26 Å². The van der Waals surface area contributed by atoms with Gasteiger partial charge in [0.1, 0.15) is 24.1 Å². The van der Waals surface area contributed by atoms with Gasteiger partial charge in [-0.15, -0.1) is 0 Å². The summed E-state index contributed by atoms with van der Waals surface area (Å²) in [5.41, 5.74) is 2.37. The van der Waals surface area contributed by atoms with Gasteiger partial charge in [-0.05, 0) is 73.6 Å². The largest absolute Gasteiger partial charge is 0.478 e. The van der Waals surface area contributed by atoms with Crippen molar-refractivity contribution < 1.29 is 28.2 Å². The number of benzene rings is 2. The zero-order valence-electron chi connectivity index (χ0n) is 24.0. The van der Waals surface area contributed by atoms with Crippen LogP contribution in [0.4, 0.5) is 14.6 Å². The molecule has 3 aliphatic rings. The molecular formula is C32H32F2N6O4. The number of pyridine rings is 1. The smallest absolute Gasteiger partial charge is 0.335 e. The van der Waals surface area contributed by atoms with E-state index in [1.165, 1.54) is 18.2 Å². The minimum Gasteiger partial charge on any atom is -0.478 e. The van der Waals surface area contributed by atoms with E-state index in [4.69, 9.17) is 19.7 Å². The van der Waals surface area contributed by atoms with E-state index in [0.29, 0.717) is 12.4 Å². The lowest BCUT2D eigenvalue weighted by Gasteiger charge is -2.34. The molecule has 4 aromatic rings. The van der Waals surface area contributed by atoms with Crippen LogP contribution in [0.3, 0.4) is 0 Å². The highest BCUT2D eigenvalue weighted by atomic mass is 19.1. The van der Waals surface area contributed by atoms with Gasteiger partial charge in [-0.25, -0.2) is 18.6 Å². The Morgan fingerprint density at radius 3 is 2.59 bits per heavy atom. The number of imidazole rings is 1. The molecule has 0 radical (unpaired) electrons. The van der Waals surface area contributed by atoms with Crippen LogP contribution in [-0.4, -0.2) is 51.4 Å². The van der Waals surface area contributed by atoms with Crippen molar-refractivity contribution in [2.75, 3.05) is 24.6 Å². The molecular weight excluding hydrogens is 570 g/mol. The van der Waals surface area contributed by atoms with E-state index < -0.39 is 17.6 Å². The van der Waals surface area contributed by atoms with Crippen LogP contribution in [0, 0.1) is 28.4 Å². The predicted molar refractivity (Wildman–Crippen MR) is 157 cm³/mol. The SMILES string of the molecule is N.N#Cc1ccc(COc2nc(N3CCC4(CC3)CC4c3nc4ccc(C(=O)O)cc4n3C[C@@H]3CCO3)ccc2F)c(F)c1. The molecule has 0 amide bonds. The number of carbonyl (C=O) groups is 1. The summed E-state index contributed by atoms with van der Waals surface area (Å²) in [4.78, 5) is 23.2. The van der Waals surface area contributed by atoms with Crippen molar-refractivity contribution in [2.45, 2.75) is 50.9 Å². The lowest BCUT2D eigenvalue weighted by Crippen LogP contribution is -2.36. The van der Waals surface area contributed by atoms with Gasteiger partial charge in [-0.1, -0.05) is 6.07 Å². The van der Waals surface area contributed by atoms with Gasteiger partial charge in [0.05, 0.1) is 40.9 Å². The molecule has 44 heavy (non-hydrogen) atoms. The Morgan fingerprint density at radius 2 is 1.91 bits per heavy atom. The minimum absolute atomic E-state index is 0. The number of carboxylic acids is 1. The van der Waals surface area contributed by atoms with Gasteiger partial charge >= 0.3 is 5.97 Å². The van der Waals surface area contributed by atoms with Crippen LogP contribution in [0.25, 0.3) is 11.0 Å². The molecule has 2 aromatic heterocycles. The zero-order valence-corrected chi connectivity index (χ0v) is 24.0. The van der Waals surface area contributed by atoms with Crippen molar-refractivity contribution in [3.05, 3.63) is 82.7 Å². The molecule has 2 aromatic carbocycles. The minimum atomic E-state index is -0.962. The van der Waals surface area contributed by atoms with Gasteiger partial charge in [0, 0.05) is 31.2 Å². The van der Waals surface area contributed by atoms with Gasteiger partial charge < -0.3 is 30.2 Å². The first-order chi connectivity index (χ1) is 20.8. The molecule has 2 saturated heterocycles. The van der Waals surface area contributed by atoms with Crippen LogP contribution < -0.4 is 15.8 Å². The lowest BCUT2D eigenvalue weighted by molar-refractivity contribution is -0.0590. The van der Waals surface area contributed by atoms with E-state index in [0.717, 1.165) is 68.3 Å². The standard InChI is InChI=1S/C32H29F2N5O4.H3N/c33-24-4-6-28(37-30(24)43-18-21-2-1-19(16-35)13-25(21)34)38-10-8-32(9-11-38)15-23(32)29-36-26-5-3-20(31(40)41)14-27(26)39(29)17-22-7-12-42-22;/h1-6,13-14,22-23H,7-12,15,17-18H2,(H,40,41);1H3/t22-,23?;/m0./s1. The molecule has 2 aliphatic heterocycles. The van der Waals surface area contributed by atoms with Crippen LogP contribution >= 0.6 is 0 Å². The number of fused-ring (bicyclic) bond motifs is 1. The van der Waals surface area contributed by atoms with Crippen molar-refractivity contribution in [1.82, 2.24) is 20.7 Å². The monoisotopic (exact) mass is 602 g/mol. The van der Waals surface area contributed by atoms with Crippen LogP contribution in [0.1, 0.15) is 58.9 Å². The Balaban J connectivity index is 0.00000343. The molecule has 0 bridgehead atoms. The number of piperidine rings is 1. The quantitative estimate of drug-likeness (QED) is 0.263. The molecule has 1 spiro atoms. The summed E-state index contributed by atoms with van der Waals surface area (Å²) in [6.45, 7) is 2.65. The summed E-state index contributed by atoms with van der Waals surface area (Å²) >= 11 is 0. The number of carboxylic acid groups (broad SMARTS) is 1. The fraction of sp³-hybridized carbons (Fsp3) is 0.375. The Labute approximate surface area is 252 Å². The normalized spacial score (nSPS) is 20.1. The second-order valence-corrected chi connectivity index (χ2v) is 11.6. The molecule has 1 unspecified atom stereocenters. The summed E-state index contributed by atoms with van der Waals surface area (Å²) < 4.78 is 42.3. The van der Waals surface area contributed by atoms with Crippen molar-refractivity contribution >= 4 is 22.8 Å². The van der Waals surface area contributed by atoms with E-state index >= 15 is 0 Å². The highest BCUT2D eigenvalue weighted by molar-refractivity contribution is 5.92. The van der Waals surface area contributed by atoms with Crippen LogP contribution in [0.5, 0.6) is 5.88 Å². The summed E-state index contributed by atoms with van der Waals surface area (Å²) in [5.74, 6) is -0.528. The number of ether oxygens (including phenoxy) is 2. The van der Waals surface area contributed by atoms with Gasteiger partial charge in [-0.2, -0.15) is 10.2 Å². The maximum Gasteiger partial charge on any atom is 0.335 e. The molecule has 3 fully saturated rings. The van der Waals surface area contributed by atoms with Crippen molar-refractivity contribution in [3.63, 3.8) is 0 Å². The van der Waals surface area contributed by atoms with Crippen molar-refractivity contribution in [3.8, 4) is 11.9 Å². The first kappa shape index (κ1) is 29.5. The average Bonchev–Trinajstić information content (AvgIpc) is 3.55. The van der Waals surface area contributed by atoms with Crippen LogP contribution in [-0.2, 0) is 17.9 Å². The topological polar surface area (TPSA) is 148 Å². The summed E-state index contributed by atoms with van der Waals surface area (Å²) in [7, 11) is 0. The third-order valence-electron chi connectivity index (χ3n) is 9.13. The van der Waals surface area contributed by atoms with Crippen LogP contribution in [0.2, 0.25) is 0 Å². The summed E-state index contributed by atoms with van der Waals surface area (Å²) in [6.07, 6.45) is 3.90. The van der Waals surface area contributed by atoms with Gasteiger partial charge in [-0.3, -0.25) is 0 Å². The van der Waals surface area contributed by atoms with E-state index in [1.807, 2.05) is 6.07 Å². The molecule has 4 N–H and O–H groups in total. The second kappa shape index (κ2) is 11.5. The number of hydrogen-bond acceptors (Lipinski definition) is 8. The Hall–Kier alpha value is -4.60. The molecule has 1 saturated carbocycles. The molecule has 2 atom stereocenters. The number of anilines is 1. The lowest BCUT2D eigenvalue weighted by atomic mass is 9.90. The zero-order chi connectivity index (χ0) is 29.7. The number of aromatic nitrogens is 3. The maximum atomic E-state index is 14.6. The maximum absolute atomic E-state index is 14.6. The van der Waals surface area contributed by atoms with E-state index in [-0.39, 0.29) is 52.8 Å². The molecule has 10 nitrogen and oxygen atoms in total. The number of hydrogen-bond donors (Lipinski definition) is 2. The first-order valence-electron chi connectivity index (χ1n) is 14.4.